The number of ether oxygens (including phenoxy) is 2. The zero-order valence-corrected chi connectivity index (χ0v) is 13.4. The molecule has 22 heavy (non-hydrogen) atoms. The molecule has 1 aromatic heterocycles. The minimum Gasteiger partial charge on any atom is -0.497 e. The third kappa shape index (κ3) is 3.16. The Balaban J connectivity index is 1.67. The molecule has 0 amide bonds. The van der Waals surface area contributed by atoms with Gasteiger partial charge >= 0.3 is 0 Å². The highest BCUT2D eigenvalue weighted by molar-refractivity contribution is 5.42. The first-order valence-corrected chi connectivity index (χ1v) is 7.57. The van der Waals surface area contributed by atoms with Crippen molar-refractivity contribution in [3.63, 3.8) is 0 Å². The molecule has 4 heteroatoms. The van der Waals surface area contributed by atoms with Crippen molar-refractivity contribution in [2.75, 3.05) is 32.7 Å². The smallest absolute Gasteiger partial charge is 0.127 e. The van der Waals surface area contributed by atoms with Gasteiger partial charge in [-0.15, -0.1) is 0 Å². The molecular formula is C18H22N2O2. The zero-order chi connectivity index (χ0) is 15.5. The van der Waals surface area contributed by atoms with Crippen LogP contribution in [0.3, 0.4) is 0 Å². The van der Waals surface area contributed by atoms with Crippen LogP contribution in [-0.4, -0.2) is 32.8 Å². The Labute approximate surface area is 131 Å². The minimum absolute atomic E-state index is 0.493. The van der Waals surface area contributed by atoms with Crippen LogP contribution in [0.4, 0.5) is 5.82 Å². The summed E-state index contributed by atoms with van der Waals surface area (Å²) in [5, 5.41) is 0. The minimum atomic E-state index is 0.493. The fraction of sp³-hybridized carbons (Fsp3) is 0.389. The maximum absolute atomic E-state index is 5.90. The van der Waals surface area contributed by atoms with E-state index < -0.39 is 0 Å². The summed E-state index contributed by atoms with van der Waals surface area (Å²) < 4.78 is 11.1. The lowest BCUT2D eigenvalue weighted by atomic mass is 9.91. The number of methoxy groups -OCH3 is 1. The zero-order valence-electron chi connectivity index (χ0n) is 13.4. The van der Waals surface area contributed by atoms with E-state index in [-0.39, 0.29) is 0 Å². The molecule has 116 valence electrons. The van der Waals surface area contributed by atoms with Gasteiger partial charge in [0.05, 0.1) is 13.7 Å². The van der Waals surface area contributed by atoms with Crippen molar-refractivity contribution in [3.05, 3.63) is 47.7 Å². The van der Waals surface area contributed by atoms with Gasteiger partial charge in [0.1, 0.15) is 17.3 Å². The number of anilines is 1. The SMILES string of the molecule is COc1ccc2c(c1)OC[C@@H](Cc1ccc(N(C)C)nc1)C2. The molecule has 0 saturated carbocycles. The van der Waals surface area contributed by atoms with E-state index in [0.29, 0.717) is 5.92 Å². The van der Waals surface area contributed by atoms with E-state index in [1.165, 1.54) is 11.1 Å². The fourth-order valence-electron chi connectivity index (χ4n) is 2.81. The van der Waals surface area contributed by atoms with E-state index >= 15 is 0 Å². The van der Waals surface area contributed by atoms with Crippen LogP contribution in [0.2, 0.25) is 0 Å². The van der Waals surface area contributed by atoms with Crippen LogP contribution in [0.25, 0.3) is 0 Å². The molecule has 2 aromatic rings. The fourth-order valence-corrected chi connectivity index (χ4v) is 2.81. The van der Waals surface area contributed by atoms with Crippen LogP contribution >= 0.6 is 0 Å². The van der Waals surface area contributed by atoms with Crippen LogP contribution in [0.15, 0.2) is 36.5 Å². The average molecular weight is 298 g/mol. The molecule has 0 spiro atoms. The maximum atomic E-state index is 5.90. The highest BCUT2D eigenvalue weighted by atomic mass is 16.5. The molecule has 1 aliphatic rings. The monoisotopic (exact) mass is 298 g/mol. The van der Waals surface area contributed by atoms with E-state index in [2.05, 4.69) is 23.2 Å². The number of hydrogen-bond acceptors (Lipinski definition) is 4. The molecule has 3 rings (SSSR count). The molecule has 0 fully saturated rings. The average Bonchev–Trinajstić information content (AvgIpc) is 2.55. The number of benzene rings is 1. The molecule has 0 saturated heterocycles. The van der Waals surface area contributed by atoms with E-state index in [1.54, 1.807) is 7.11 Å². The van der Waals surface area contributed by atoms with Crippen molar-refractivity contribution < 1.29 is 9.47 Å². The third-order valence-corrected chi connectivity index (χ3v) is 4.05. The summed E-state index contributed by atoms with van der Waals surface area (Å²) >= 11 is 0. The normalized spacial score (nSPS) is 16.6. The Morgan fingerprint density at radius 3 is 2.82 bits per heavy atom. The number of nitrogens with zero attached hydrogens (tertiary/aromatic N) is 2. The van der Waals surface area contributed by atoms with Gasteiger partial charge in [0.2, 0.25) is 0 Å². The van der Waals surface area contributed by atoms with Crippen molar-refractivity contribution in [1.29, 1.82) is 0 Å². The van der Waals surface area contributed by atoms with Gasteiger partial charge < -0.3 is 14.4 Å². The number of pyridine rings is 1. The predicted octanol–water partition coefficient (Wildman–Crippen LogP) is 2.95. The van der Waals surface area contributed by atoms with Crippen LogP contribution in [-0.2, 0) is 12.8 Å². The Kier molecular flexibility index (Phi) is 4.18. The van der Waals surface area contributed by atoms with E-state index in [9.17, 15) is 0 Å². The summed E-state index contributed by atoms with van der Waals surface area (Å²) in [7, 11) is 5.68. The van der Waals surface area contributed by atoms with Gasteiger partial charge in [-0.3, -0.25) is 0 Å². The summed E-state index contributed by atoms with van der Waals surface area (Å²) in [6.45, 7) is 0.746. The number of rotatable bonds is 4. The summed E-state index contributed by atoms with van der Waals surface area (Å²) in [6.07, 6.45) is 4.00. The van der Waals surface area contributed by atoms with Crippen molar-refractivity contribution in [2.45, 2.75) is 12.8 Å². The van der Waals surface area contributed by atoms with Gasteiger partial charge in [0.15, 0.2) is 0 Å². The molecule has 0 aliphatic carbocycles. The topological polar surface area (TPSA) is 34.6 Å². The van der Waals surface area contributed by atoms with Gasteiger partial charge in [-0.1, -0.05) is 12.1 Å². The second-order valence-corrected chi connectivity index (χ2v) is 5.98. The lowest BCUT2D eigenvalue weighted by Gasteiger charge is -2.25. The summed E-state index contributed by atoms with van der Waals surface area (Å²) in [4.78, 5) is 6.49. The van der Waals surface area contributed by atoms with Gasteiger partial charge in [-0.05, 0) is 36.1 Å². The first kappa shape index (κ1) is 14.7. The number of hydrogen-bond donors (Lipinski definition) is 0. The second-order valence-electron chi connectivity index (χ2n) is 5.98. The predicted molar refractivity (Wildman–Crippen MR) is 88.0 cm³/mol. The van der Waals surface area contributed by atoms with Crippen molar-refractivity contribution in [2.24, 2.45) is 5.92 Å². The highest BCUT2D eigenvalue weighted by Gasteiger charge is 2.20. The van der Waals surface area contributed by atoms with E-state index in [0.717, 1.165) is 36.8 Å². The highest BCUT2D eigenvalue weighted by Crippen LogP contribution is 2.32. The first-order chi connectivity index (χ1) is 10.7. The second kappa shape index (κ2) is 6.26. The quantitative estimate of drug-likeness (QED) is 0.869. The molecule has 4 nitrogen and oxygen atoms in total. The van der Waals surface area contributed by atoms with Crippen LogP contribution in [0.1, 0.15) is 11.1 Å². The van der Waals surface area contributed by atoms with Gasteiger partial charge in [0, 0.05) is 32.3 Å². The molecule has 0 bridgehead atoms. The van der Waals surface area contributed by atoms with E-state index in [4.69, 9.17) is 9.47 Å². The summed E-state index contributed by atoms with van der Waals surface area (Å²) in [6, 6.07) is 10.3. The van der Waals surface area contributed by atoms with E-state index in [1.807, 2.05) is 37.3 Å². The molecule has 0 N–H and O–H groups in total. The Bertz CT molecular complexity index is 638. The molecular weight excluding hydrogens is 276 g/mol. The Morgan fingerprint density at radius 1 is 1.27 bits per heavy atom. The molecule has 0 radical (unpaired) electrons. The van der Waals surface area contributed by atoms with Crippen LogP contribution in [0.5, 0.6) is 11.5 Å². The third-order valence-electron chi connectivity index (χ3n) is 4.05. The van der Waals surface area contributed by atoms with Crippen LogP contribution in [0, 0.1) is 5.92 Å². The largest absolute Gasteiger partial charge is 0.497 e. The molecule has 0 unspecified atom stereocenters. The van der Waals surface area contributed by atoms with Crippen LogP contribution < -0.4 is 14.4 Å². The molecule has 1 aliphatic heterocycles. The summed E-state index contributed by atoms with van der Waals surface area (Å²) in [5.41, 5.74) is 2.52. The molecule has 2 heterocycles. The van der Waals surface area contributed by atoms with Crippen molar-refractivity contribution >= 4 is 5.82 Å². The first-order valence-electron chi connectivity index (χ1n) is 7.57. The molecule has 1 atom stereocenters. The standard InChI is InChI=1S/C18H22N2O2/c1-20(2)18-7-4-13(11-19-18)8-14-9-15-5-6-16(21-3)10-17(15)22-12-14/h4-7,10-11,14H,8-9,12H2,1-3H3/t14-/m0/s1. The lowest BCUT2D eigenvalue weighted by Crippen LogP contribution is -2.23. The Hall–Kier alpha value is -2.23. The lowest BCUT2D eigenvalue weighted by molar-refractivity contribution is 0.220. The van der Waals surface area contributed by atoms with Gasteiger partial charge in [-0.2, -0.15) is 0 Å². The number of fused-ring (bicyclic) bond motifs is 1. The number of aromatic nitrogens is 1. The maximum Gasteiger partial charge on any atom is 0.127 e. The van der Waals surface area contributed by atoms with Crippen molar-refractivity contribution in [1.82, 2.24) is 4.98 Å². The van der Waals surface area contributed by atoms with Gasteiger partial charge in [-0.25, -0.2) is 4.98 Å². The molecule has 1 aromatic carbocycles. The Morgan fingerprint density at radius 2 is 2.14 bits per heavy atom. The van der Waals surface area contributed by atoms with Gasteiger partial charge in [0.25, 0.3) is 0 Å². The summed E-state index contributed by atoms with van der Waals surface area (Å²) in [5.74, 6) is 3.28. The van der Waals surface area contributed by atoms with Crippen molar-refractivity contribution in [3.8, 4) is 11.5 Å².